The quantitative estimate of drug-likeness (QED) is 0.451. The van der Waals surface area contributed by atoms with Crippen LogP contribution in [0.5, 0.6) is 0 Å². The molecule has 4 aromatic carbocycles. The van der Waals surface area contributed by atoms with Crippen LogP contribution >= 0.6 is 0 Å². The minimum Gasteiger partial charge on any atom is -0.342 e. The summed E-state index contributed by atoms with van der Waals surface area (Å²) in [7, 11) is 0. The summed E-state index contributed by atoms with van der Waals surface area (Å²) in [6.07, 6.45) is 1.93. The van der Waals surface area contributed by atoms with E-state index < -0.39 is 6.04 Å². The van der Waals surface area contributed by atoms with Gasteiger partial charge in [0.2, 0.25) is 0 Å². The molecule has 0 radical (unpaired) electrons. The van der Waals surface area contributed by atoms with Gasteiger partial charge in [-0.1, -0.05) is 91.0 Å². The third-order valence-electron chi connectivity index (χ3n) is 5.25. The number of rotatable bonds is 7. The van der Waals surface area contributed by atoms with E-state index in [4.69, 9.17) is 0 Å². The lowest BCUT2D eigenvalue weighted by Gasteiger charge is -2.15. The summed E-state index contributed by atoms with van der Waals surface area (Å²) in [5.74, 6) is -0.223. The van der Waals surface area contributed by atoms with Crippen molar-refractivity contribution in [3.63, 3.8) is 0 Å². The maximum absolute atomic E-state index is 13.0. The molecule has 30 heavy (non-hydrogen) atoms. The molecule has 3 nitrogen and oxygen atoms in total. The Hall–Kier alpha value is -3.72. The Kier molecular flexibility index (Phi) is 6.00. The maximum Gasteiger partial charge on any atom is 0.252 e. The van der Waals surface area contributed by atoms with Gasteiger partial charge in [-0.05, 0) is 46.4 Å². The van der Waals surface area contributed by atoms with Gasteiger partial charge in [0, 0.05) is 5.56 Å². The molecule has 0 spiro atoms. The molecule has 0 aliphatic heterocycles. The largest absolute Gasteiger partial charge is 0.342 e. The molecule has 3 heteroatoms. The standard InChI is InChI=1S/C27H23NO2/c29-19-25(18-20-8-2-1-3-9-20)28-27(30)26-13-7-6-12-24(26)17-21-14-15-22-10-4-5-11-23(22)16-21/h1-16,19,25H,17-18H2,(H,28,30)/t25-/m0/s1. The minimum atomic E-state index is -0.561. The second-order valence-electron chi connectivity index (χ2n) is 7.42. The predicted octanol–water partition coefficient (Wildman–Crippen LogP) is 4.97. The second-order valence-corrected chi connectivity index (χ2v) is 7.42. The summed E-state index contributed by atoms with van der Waals surface area (Å²) in [4.78, 5) is 24.5. The Balaban J connectivity index is 1.52. The van der Waals surface area contributed by atoms with Gasteiger partial charge in [-0.3, -0.25) is 4.79 Å². The number of hydrogen-bond acceptors (Lipinski definition) is 2. The van der Waals surface area contributed by atoms with E-state index in [1.807, 2.05) is 66.7 Å². The number of benzene rings is 4. The molecular weight excluding hydrogens is 370 g/mol. The Morgan fingerprint density at radius 2 is 1.47 bits per heavy atom. The Labute approximate surface area is 176 Å². The molecule has 4 rings (SSSR count). The zero-order valence-electron chi connectivity index (χ0n) is 16.6. The van der Waals surface area contributed by atoms with Crippen LogP contribution in [0, 0.1) is 0 Å². The summed E-state index contributed by atoms with van der Waals surface area (Å²) in [5, 5.41) is 5.26. The van der Waals surface area contributed by atoms with Crippen molar-refractivity contribution < 1.29 is 9.59 Å². The van der Waals surface area contributed by atoms with Gasteiger partial charge in [-0.2, -0.15) is 0 Å². The summed E-state index contributed by atoms with van der Waals surface area (Å²) >= 11 is 0. The number of nitrogens with one attached hydrogen (secondary N) is 1. The highest BCUT2D eigenvalue weighted by molar-refractivity contribution is 5.97. The number of amides is 1. The lowest BCUT2D eigenvalue weighted by atomic mass is 9.97. The zero-order valence-corrected chi connectivity index (χ0v) is 16.6. The van der Waals surface area contributed by atoms with E-state index in [9.17, 15) is 9.59 Å². The van der Waals surface area contributed by atoms with Crippen LogP contribution in [0.3, 0.4) is 0 Å². The third-order valence-corrected chi connectivity index (χ3v) is 5.25. The molecule has 1 N–H and O–H groups in total. The van der Waals surface area contributed by atoms with E-state index in [-0.39, 0.29) is 5.91 Å². The van der Waals surface area contributed by atoms with Crippen LogP contribution in [0.2, 0.25) is 0 Å². The highest BCUT2D eigenvalue weighted by Crippen LogP contribution is 2.20. The Morgan fingerprint density at radius 1 is 0.767 bits per heavy atom. The van der Waals surface area contributed by atoms with E-state index >= 15 is 0 Å². The summed E-state index contributed by atoms with van der Waals surface area (Å²) in [6.45, 7) is 0. The van der Waals surface area contributed by atoms with Crippen molar-refractivity contribution in [2.75, 3.05) is 0 Å². The van der Waals surface area contributed by atoms with Crippen molar-refractivity contribution >= 4 is 23.0 Å². The van der Waals surface area contributed by atoms with Crippen molar-refractivity contribution in [3.8, 4) is 0 Å². The van der Waals surface area contributed by atoms with E-state index in [2.05, 4.69) is 35.6 Å². The molecule has 1 amide bonds. The lowest BCUT2D eigenvalue weighted by molar-refractivity contribution is -0.109. The number of carbonyl (C=O) groups is 2. The van der Waals surface area contributed by atoms with Crippen LogP contribution in [0.15, 0.2) is 97.1 Å². The first-order valence-corrected chi connectivity index (χ1v) is 10.1. The highest BCUT2D eigenvalue weighted by atomic mass is 16.2. The van der Waals surface area contributed by atoms with E-state index in [0.29, 0.717) is 18.4 Å². The number of carbonyl (C=O) groups excluding carboxylic acids is 2. The SMILES string of the molecule is O=C[C@H](Cc1ccccc1)NC(=O)c1ccccc1Cc1ccc2ccccc2c1. The van der Waals surface area contributed by atoms with Crippen LogP contribution < -0.4 is 5.32 Å². The fourth-order valence-electron chi connectivity index (χ4n) is 3.71. The molecule has 0 aromatic heterocycles. The Morgan fingerprint density at radius 3 is 2.27 bits per heavy atom. The molecular formula is C27H23NO2. The molecule has 0 unspecified atom stereocenters. The van der Waals surface area contributed by atoms with Crippen LogP contribution in [0.25, 0.3) is 10.8 Å². The smallest absolute Gasteiger partial charge is 0.252 e. The molecule has 4 aromatic rings. The number of aldehydes is 1. The van der Waals surface area contributed by atoms with Crippen molar-refractivity contribution in [1.29, 1.82) is 0 Å². The number of fused-ring (bicyclic) bond motifs is 1. The van der Waals surface area contributed by atoms with Gasteiger partial charge in [-0.15, -0.1) is 0 Å². The van der Waals surface area contributed by atoms with Gasteiger partial charge in [0.05, 0.1) is 6.04 Å². The van der Waals surface area contributed by atoms with E-state index in [1.165, 1.54) is 10.8 Å². The van der Waals surface area contributed by atoms with Crippen molar-refractivity contribution in [1.82, 2.24) is 5.32 Å². The fraction of sp³-hybridized carbons (Fsp3) is 0.111. The average molecular weight is 393 g/mol. The van der Waals surface area contributed by atoms with Gasteiger partial charge in [0.25, 0.3) is 5.91 Å². The normalized spacial score (nSPS) is 11.7. The van der Waals surface area contributed by atoms with Gasteiger partial charge in [-0.25, -0.2) is 0 Å². The van der Waals surface area contributed by atoms with Crippen molar-refractivity contribution in [3.05, 3.63) is 119 Å². The van der Waals surface area contributed by atoms with E-state index in [0.717, 1.165) is 23.0 Å². The van der Waals surface area contributed by atoms with Crippen molar-refractivity contribution in [2.24, 2.45) is 0 Å². The van der Waals surface area contributed by atoms with E-state index in [1.54, 1.807) is 0 Å². The maximum atomic E-state index is 13.0. The molecule has 0 saturated heterocycles. The molecule has 0 fully saturated rings. The van der Waals surface area contributed by atoms with Gasteiger partial charge in [0.15, 0.2) is 0 Å². The second kappa shape index (κ2) is 9.19. The molecule has 0 bridgehead atoms. The summed E-state index contributed by atoms with van der Waals surface area (Å²) < 4.78 is 0. The zero-order chi connectivity index (χ0) is 20.8. The van der Waals surface area contributed by atoms with Crippen LogP contribution in [-0.4, -0.2) is 18.2 Å². The molecule has 0 saturated carbocycles. The molecule has 148 valence electrons. The van der Waals surface area contributed by atoms with Crippen LogP contribution in [0.1, 0.15) is 27.0 Å². The number of hydrogen-bond donors (Lipinski definition) is 1. The first-order valence-electron chi connectivity index (χ1n) is 10.1. The molecule has 0 heterocycles. The van der Waals surface area contributed by atoms with Gasteiger partial charge in [0.1, 0.15) is 6.29 Å². The topological polar surface area (TPSA) is 46.2 Å². The first-order chi connectivity index (χ1) is 14.7. The molecule has 1 atom stereocenters. The predicted molar refractivity (Wildman–Crippen MR) is 121 cm³/mol. The summed E-state index contributed by atoms with van der Waals surface area (Å²) in [5.41, 5.74) is 3.70. The first kappa shape index (κ1) is 19.6. The molecule has 0 aliphatic carbocycles. The van der Waals surface area contributed by atoms with Crippen LogP contribution in [0.4, 0.5) is 0 Å². The van der Waals surface area contributed by atoms with Gasteiger partial charge >= 0.3 is 0 Å². The minimum absolute atomic E-state index is 0.223. The fourth-order valence-corrected chi connectivity index (χ4v) is 3.71. The third kappa shape index (κ3) is 4.64. The van der Waals surface area contributed by atoms with Gasteiger partial charge < -0.3 is 10.1 Å². The monoisotopic (exact) mass is 393 g/mol. The lowest BCUT2D eigenvalue weighted by Crippen LogP contribution is -2.38. The average Bonchev–Trinajstić information content (AvgIpc) is 2.79. The van der Waals surface area contributed by atoms with Crippen LogP contribution in [-0.2, 0) is 17.6 Å². The summed E-state index contributed by atoms with van der Waals surface area (Å²) in [6, 6.07) is 31.3. The Bertz CT molecular complexity index is 1170. The van der Waals surface area contributed by atoms with Crippen molar-refractivity contribution in [2.45, 2.75) is 18.9 Å². The highest BCUT2D eigenvalue weighted by Gasteiger charge is 2.16. The molecule has 0 aliphatic rings.